The summed E-state index contributed by atoms with van der Waals surface area (Å²) in [6.07, 6.45) is 0. The van der Waals surface area contributed by atoms with Crippen molar-refractivity contribution >= 4 is 17.6 Å². The normalized spacial score (nSPS) is 11.8. The zero-order valence-corrected chi connectivity index (χ0v) is 10.3. The highest BCUT2D eigenvalue weighted by Crippen LogP contribution is 2.23. The molecule has 0 aliphatic rings. The topological polar surface area (TPSA) is 96.4 Å². The summed E-state index contributed by atoms with van der Waals surface area (Å²) in [6.45, 7) is 1.38. The van der Waals surface area contributed by atoms with Crippen molar-refractivity contribution in [3.8, 4) is 0 Å². The number of esters is 1. The first-order chi connectivity index (χ1) is 9.29. The van der Waals surface area contributed by atoms with E-state index < -0.39 is 46.2 Å². The largest absolute Gasteiger partial charge is 0.506 e. The zero-order chi connectivity index (χ0) is 15.4. The second-order valence-electron chi connectivity index (χ2n) is 3.60. The Morgan fingerprint density at radius 1 is 1.30 bits per heavy atom. The lowest BCUT2D eigenvalue weighted by atomic mass is 10.1. The lowest BCUT2D eigenvalue weighted by molar-refractivity contribution is -0.137. The quantitative estimate of drug-likeness (QED) is 0.197. The van der Waals surface area contributed by atoms with Crippen LogP contribution in [0.25, 0.3) is 5.76 Å². The molecule has 0 fully saturated rings. The van der Waals surface area contributed by atoms with E-state index in [-0.39, 0.29) is 12.7 Å². The molecule has 1 aromatic carbocycles. The smallest absolute Gasteiger partial charge is 0.345 e. The molecular weight excluding hydrogens is 277 g/mol. The van der Waals surface area contributed by atoms with Gasteiger partial charge in [0.15, 0.2) is 11.6 Å². The van der Waals surface area contributed by atoms with Gasteiger partial charge in [0.1, 0.15) is 23.0 Å². The number of nitrogens with two attached hydrogens (primary N) is 1. The number of carbonyl (C=O) groups excluding carboxylic acids is 1. The van der Waals surface area contributed by atoms with E-state index in [1.54, 1.807) is 0 Å². The molecule has 1 rings (SSSR count). The zero-order valence-electron chi connectivity index (χ0n) is 10.3. The summed E-state index contributed by atoms with van der Waals surface area (Å²) in [4.78, 5) is 11.5. The van der Waals surface area contributed by atoms with E-state index in [4.69, 9.17) is 11.1 Å². The van der Waals surface area contributed by atoms with Crippen LogP contribution in [0.2, 0.25) is 0 Å². The van der Waals surface area contributed by atoms with Gasteiger partial charge < -0.3 is 15.6 Å². The van der Waals surface area contributed by atoms with Gasteiger partial charge in [0.2, 0.25) is 0 Å². The monoisotopic (exact) mass is 288 g/mol. The van der Waals surface area contributed by atoms with Crippen molar-refractivity contribution in [1.29, 1.82) is 5.41 Å². The Morgan fingerprint density at radius 3 is 2.35 bits per heavy atom. The lowest BCUT2D eigenvalue weighted by Gasteiger charge is -2.10. The molecule has 0 aromatic heterocycles. The second kappa shape index (κ2) is 6.09. The summed E-state index contributed by atoms with van der Waals surface area (Å²) in [6, 6.07) is 0.548. The van der Waals surface area contributed by atoms with Crippen LogP contribution >= 0.6 is 0 Å². The molecular formula is C12H11F3N2O3. The first kappa shape index (κ1) is 15.5. The third-order valence-corrected chi connectivity index (χ3v) is 2.25. The van der Waals surface area contributed by atoms with Gasteiger partial charge in [0, 0.05) is 6.07 Å². The van der Waals surface area contributed by atoms with Crippen molar-refractivity contribution in [3.05, 3.63) is 40.7 Å². The Morgan fingerprint density at radius 2 is 1.85 bits per heavy atom. The number of ether oxygens (including phenoxy) is 1. The summed E-state index contributed by atoms with van der Waals surface area (Å²) in [7, 11) is 0. The molecule has 0 aliphatic heterocycles. The molecule has 0 aliphatic carbocycles. The van der Waals surface area contributed by atoms with E-state index in [1.165, 1.54) is 6.92 Å². The average Bonchev–Trinajstić information content (AvgIpc) is 2.33. The Balaban J connectivity index is 3.47. The van der Waals surface area contributed by atoms with E-state index in [2.05, 4.69) is 4.74 Å². The fourth-order valence-corrected chi connectivity index (χ4v) is 1.38. The fourth-order valence-electron chi connectivity index (χ4n) is 1.38. The predicted molar refractivity (Wildman–Crippen MR) is 64.4 cm³/mol. The average molecular weight is 288 g/mol. The number of carbonyl (C=O) groups is 1. The maximum atomic E-state index is 13.5. The molecule has 0 bridgehead atoms. The Kier molecular flexibility index (Phi) is 4.73. The van der Waals surface area contributed by atoms with Crippen LogP contribution in [-0.2, 0) is 9.53 Å². The number of aliphatic hydroxyl groups excluding tert-OH is 1. The van der Waals surface area contributed by atoms with Gasteiger partial charge in [0.05, 0.1) is 12.2 Å². The maximum absolute atomic E-state index is 13.5. The molecule has 8 heteroatoms. The van der Waals surface area contributed by atoms with E-state index in [1.807, 2.05) is 0 Å². The molecule has 0 radical (unpaired) electrons. The van der Waals surface area contributed by atoms with Crippen LogP contribution < -0.4 is 5.73 Å². The molecule has 5 nitrogen and oxygen atoms in total. The van der Waals surface area contributed by atoms with Gasteiger partial charge in [-0.1, -0.05) is 0 Å². The number of amidine groups is 1. The van der Waals surface area contributed by atoms with Crippen molar-refractivity contribution in [2.24, 2.45) is 5.73 Å². The molecule has 0 unspecified atom stereocenters. The van der Waals surface area contributed by atoms with E-state index in [0.29, 0.717) is 6.07 Å². The maximum Gasteiger partial charge on any atom is 0.345 e. The highest BCUT2D eigenvalue weighted by Gasteiger charge is 2.24. The number of halogens is 3. The number of aliphatic hydroxyl groups is 1. The second-order valence-corrected chi connectivity index (χ2v) is 3.60. The highest BCUT2D eigenvalue weighted by atomic mass is 19.2. The third-order valence-electron chi connectivity index (χ3n) is 2.25. The van der Waals surface area contributed by atoms with Gasteiger partial charge in [0.25, 0.3) is 0 Å². The summed E-state index contributed by atoms with van der Waals surface area (Å²) in [5.74, 6) is -7.39. The van der Waals surface area contributed by atoms with E-state index in [9.17, 15) is 23.1 Å². The van der Waals surface area contributed by atoms with Crippen LogP contribution in [0.4, 0.5) is 13.2 Å². The third kappa shape index (κ3) is 3.08. The summed E-state index contributed by atoms with van der Waals surface area (Å²) >= 11 is 0. The molecule has 0 atom stereocenters. The van der Waals surface area contributed by atoms with Gasteiger partial charge in [-0.3, -0.25) is 5.41 Å². The number of benzene rings is 1. The molecule has 1 aromatic rings. The molecule has 20 heavy (non-hydrogen) atoms. The number of nitrogens with one attached hydrogen (secondary N) is 1. The van der Waals surface area contributed by atoms with Crippen molar-refractivity contribution < 1.29 is 27.8 Å². The van der Waals surface area contributed by atoms with Crippen molar-refractivity contribution in [2.75, 3.05) is 6.61 Å². The van der Waals surface area contributed by atoms with Crippen LogP contribution in [0.1, 0.15) is 12.5 Å². The Hall–Kier alpha value is -2.51. The molecule has 0 saturated heterocycles. The van der Waals surface area contributed by atoms with Gasteiger partial charge in [-0.05, 0) is 13.0 Å². The molecule has 0 saturated carbocycles. The molecule has 4 N–H and O–H groups in total. The van der Waals surface area contributed by atoms with Crippen LogP contribution in [0.15, 0.2) is 17.7 Å². The van der Waals surface area contributed by atoms with Crippen LogP contribution in [0, 0.1) is 22.9 Å². The van der Waals surface area contributed by atoms with Gasteiger partial charge in [-0.25, -0.2) is 18.0 Å². The number of hydrogen-bond acceptors (Lipinski definition) is 4. The van der Waals surface area contributed by atoms with Gasteiger partial charge in [-0.2, -0.15) is 0 Å². The highest BCUT2D eigenvalue weighted by molar-refractivity contribution is 6.21. The first-order valence-electron chi connectivity index (χ1n) is 5.39. The van der Waals surface area contributed by atoms with Crippen LogP contribution in [-0.4, -0.2) is 23.5 Å². The number of hydrogen-bond donors (Lipinski definition) is 3. The lowest BCUT2D eigenvalue weighted by Crippen LogP contribution is -2.24. The standard InChI is InChI=1S/C12H11F3N2O3/c1-2-20-12(19)9(11(16)17)10(18)5-3-7(14)8(15)4-6(5)13/h3-4,18H,2H2,1H3,(H3,16,17)/b10-9+. The fraction of sp³-hybridized carbons (Fsp3) is 0.167. The van der Waals surface area contributed by atoms with Gasteiger partial charge >= 0.3 is 5.97 Å². The van der Waals surface area contributed by atoms with Crippen molar-refractivity contribution in [3.63, 3.8) is 0 Å². The summed E-state index contributed by atoms with van der Waals surface area (Å²) in [5, 5.41) is 16.9. The first-order valence-corrected chi connectivity index (χ1v) is 5.39. The van der Waals surface area contributed by atoms with E-state index in [0.717, 1.165) is 0 Å². The predicted octanol–water partition coefficient (Wildman–Crippen LogP) is 1.87. The minimum atomic E-state index is -1.46. The van der Waals surface area contributed by atoms with Gasteiger partial charge in [-0.15, -0.1) is 0 Å². The van der Waals surface area contributed by atoms with Crippen molar-refractivity contribution in [1.82, 2.24) is 0 Å². The minimum absolute atomic E-state index is 0.0802. The minimum Gasteiger partial charge on any atom is -0.506 e. The van der Waals surface area contributed by atoms with E-state index >= 15 is 0 Å². The number of rotatable bonds is 4. The van der Waals surface area contributed by atoms with Crippen molar-refractivity contribution in [2.45, 2.75) is 6.92 Å². The Bertz CT molecular complexity index is 600. The Labute approximate surface area is 112 Å². The summed E-state index contributed by atoms with van der Waals surface area (Å²) in [5.41, 5.74) is 3.46. The van der Waals surface area contributed by atoms with Crippen LogP contribution in [0.5, 0.6) is 0 Å². The molecule has 0 heterocycles. The molecule has 0 amide bonds. The molecule has 108 valence electrons. The van der Waals surface area contributed by atoms with Crippen LogP contribution in [0.3, 0.4) is 0 Å². The summed E-state index contributed by atoms with van der Waals surface area (Å²) < 4.78 is 43.9. The molecule has 0 spiro atoms. The SMILES string of the molecule is CCOC(=O)/C(C(=N)N)=C(/O)c1cc(F)c(F)cc1F.